The van der Waals surface area contributed by atoms with Crippen molar-refractivity contribution in [2.24, 2.45) is 0 Å². The number of amides is 3. The van der Waals surface area contributed by atoms with Crippen LogP contribution in [0.1, 0.15) is 37.5 Å². The molecule has 144 valence electrons. The van der Waals surface area contributed by atoms with Crippen molar-refractivity contribution in [2.75, 3.05) is 17.3 Å². The van der Waals surface area contributed by atoms with Crippen LogP contribution in [0, 0.1) is 0 Å². The Morgan fingerprint density at radius 2 is 1.61 bits per heavy atom. The number of hydrogen-bond donors (Lipinski definition) is 1. The minimum atomic E-state index is -1.32. The quantitative estimate of drug-likeness (QED) is 0.708. The van der Waals surface area contributed by atoms with E-state index >= 15 is 0 Å². The molecule has 0 aliphatic carbocycles. The van der Waals surface area contributed by atoms with Crippen LogP contribution in [0.15, 0.2) is 48.5 Å². The first-order chi connectivity index (χ1) is 13.4. The summed E-state index contributed by atoms with van der Waals surface area (Å²) in [6.07, 6.45) is 2.17. The van der Waals surface area contributed by atoms with Crippen LogP contribution in [0.25, 0.3) is 0 Å². The molecular formula is C20H17N2O5S-. The van der Waals surface area contributed by atoms with Gasteiger partial charge < -0.3 is 15.2 Å². The SMILES string of the molecule is CSCC[C@@H](C(=O)Nc1ccc(C(=O)[O-])cc1)N1C(=O)c2ccccc2C1=O. The number of thioether (sulfide) groups is 1. The topological polar surface area (TPSA) is 107 Å². The van der Waals surface area contributed by atoms with E-state index in [0.29, 0.717) is 17.9 Å². The molecular weight excluding hydrogens is 380 g/mol. The lowest BCUT2D eigenvalue weighted by molar-refractivity contribution is -0.255. The Labute approximate surface area is 165 Å². The molecule has 0 saturated carbocycles. The van der Waals surface area contributed by atoms with Gasteiger partial charge in [-0.2, -0.15) is 11.8 Å². The molecule has 0 radical (unpaired) electrons. The summed E-state index contributed by atoms with van der Waals surface area (Å²) < 4.78 is 0. The van der Waals surface area contributed by atoms with E-state index in [0.717, 1.165) is 4.90 Å². The second kappa shape index (κ2) is 8.26. The normalized spacial score (nSPS) is 14.0. The summed E-state index contributed by atoms with van der Waals surface area (Å²) in [6.45, 7) is 0. The van der Waals surface area contributed by atoms with Gasteiger partial charge in [0.15, 0.2) is 0 Å². The van der Waals surface area contributed by atoms with Gasteiger partial charge >= 0.3 is 0 Å². The number of carbonyl (C=O) groups is 4. The van der Waals surface area contributed by atoms with E-state index in [1.807, 2.05) is 6.26 Å². The van der Waals surface area contributed by atoms with Gasteiger partial charge in [0.05, 0.1) is 17.1 Å². The highest BCUT2D eigenvalue weighted by Gasteiger charge is 2.42. The second-order valence-electron chi connectivity index (χ2n) is 6.18. The summed E-state index contributed by atoms with van der Waals surface area (Å²) in [5.74, 6) is -2.23. The maximum Gasteiger partial charge on any atom is 0.262 e. The first kappa shape index (κ1) is 19.6. The number of nitrogens with zero attached hydrogens (tertiary/aromatic N) is 1. The van der Waals surface area contributed by atoms with Crippen LogP contribution in [-0.2, 0) is 4.79 Å². The minimum absolute atomic E-state index is 0.0164. The zero-order chi connectivity index (χ0) is 20.3. The van der Waals surface area contributed by atoms with E-state index in [2.05, 4.69) is 5.32 Å². The predicted octanol–water partition coefficient (Wildman–Crippen LogP) is 1.41. The lowest BCUT2D eigenvalue weighted by Gasteiger charge is -2.25. The molecule has 3 rings (SSSR count). The molecule has 2 aromatic carbocycles. The number of carboxylic acid groups (broad SMARTS) is 1. The lowest BCUT2D eigenvalue weighted by atomic mass is 10.1. The van der Waals surface area contributed by atoms with E-state index in [9.17, 15) is 24.3 Å². The number of fused-ring (bicyclic) bond motifs is 1. The molecule has 1 aliphatic rings. The fraction of sp³-hybridized carbons (Fsp3) is 0.200. The number of hydrogen-bond acceptors (Lipinski definition) is 6. The Morgan fingerprint density at radius 1 is 1.04 bits per heavy atom. The lowest BCUT2D eigenvalue weighted by Crippen LogP contribution is -2.47. The van der Waals surface area contributed by atoms with E-state index in [1.165, 1.54) is 36.0 Å². The Hall–Kier alpha value is -3.13. The average Bonchev–Trinajstić information content (AvgIpc) is 2.94. The van der Waals surface area contributed by atoms with Crippen molar-refractivity contribution in [3.05, 3.63) is 65.2 Å². The van der Waals surface area contributed by atoms with E-state index in [-0.39, 0.29) is 16.7 Å². The molecule has 0 bridgehead atoms. The summed E-state index contributed by atoms with van der Waals surface area (Å²) in [7, 11) is 0. The monoisotopic (exact) mass is 397 g/mol. The molecule has 0 fully saturated rings. The van der Waals surface area contributed by atoms with Crippen LogP contribution in [0.3, 0.4) is 0 Å². The van der Waals surface area contributed by atoms with Crippen molar-refractivity contribution in [3.8, 4) is 0 Å². The molecule has 2 aromatic rings. The number of nitrogens with one attached hydrogen (secondary N) is 1. The molecule has 8 heteroatoms. The maximum absolute atomic E-state index is 12.9. The van der Waals surface area contributed by atoms with Gasteiger partial charge in [0, 0.05) is 5.69 Å². The van der Waals surface area contributed by atoms with Gasteiger partial charge in [-0.3, -0.25) is 19.3 Å². The molecule has 1 N–H and O–H groups in total. The number of benzene rings is 2. The van der Waals surface area contributed by atoms with Crippen molar-refractivity contribution in [1.29, 1.82) is 0 Å². The Kier molecular flexibility index (Phi) is 5.79. The highest BCUT2D eigenvalue weighted by atomic mass is 32.2. The molecule has 0 spiro atoms. The number of rotatable bonds is 7. The standard InChI is InChI=1S/C20H18N2O5S/c1-28-11-10-16(17(23)21-13-8-6-12(7-9-13)20(26)27)22-18(24)14-4-2-3-5-15(14)19(22)25/h2-9,16H,10-11H2,1H3,(H,21,23)(H,26,27)/p-1/t16-/m0/s1. The van der Waals surface area contributed by atoms with Gasteiger partial charge in [-0.1, -0.05) is 24.3 Å². The van der Waals surface area contributed by atoms with Crippen molar-refractivity contribution in [1.82, 2.24) is 4.90 Å². The van der Waals surface area contributed by atoms with Gasteiger partial charge in [-0.15, -0.1) is 0 Å². The van der Waals surface area contributed by atoms with Crippen molar-refractivity contribution < 1.29 is 24.3 Å². The van der Waals surface area contributed by atoms with Crippen LogP contribution in [0.2, 0.25) is 0 Å². The predicted molar refractivity (Wildman–Crippen MR) is 103 cm³/mol. The summed E-state index contributed by atoms with van der Waals surface area (Å²) in [5, 5.41) is 13.5. The summed E-state index contributed by atoms with van der Waals surface area (Å²) in [6, 6.07) is 11.0. The first-order valence-corrected chi connectivity index (χ1v) is 9.91. The Bertz CT molecular complexity index is 907. The second-order valence-corrected chi connectivity index (χ2v) is 7.16. The maximum atomic E-state index is 12.9. The first-order valence-electron chi connectivity index (χ1n) is 8.52. The summed E-state index contributed by atoms with van der Waals surface area (Å²) >= 11 is 1.50. The van der Waals surface area contributed by atoms with E-state index in [4.69, 9.17) is 0 Å². The zero-order valence-corrected chi connectivity index (χ0v) is 15.8. The third-order valence-electron chi connectivity index (χ3n) is 4.42. The molecule has 0 aromatic heterocycles. The van der Waals surface area contributed by atoms with Crippen LogP contribution in [-0.4, -0.2) is 46.6 Å². The van der Waals surface area contributed by atoms with Crippen molar-refractivity contribution in [3.63, 3.8) is 0 Å². The van der Waals surface area contributed by atoms with Gasteiger partial charge in [-0.25, -0.2) is 0 Å². The third kappa shape index (κ3) is 3.77. The fourth-order valence-corrected chi connectivity index (χ4v) is 3.47. The number of carboxylic acids is 1. The molecule has 0 unspecified atom stereocenters. The van der Waals surface area contributed by atoms with Gasteiger partial charge in [0.2, 0.25) is 5.91 Å². The smallest absolute Gasteiger partial charge is 0.262 e. The highest BCUT2D eigenvalue weighted by molar-refractivity contribution is 7.98. The Morgan fingerprint density at radius 3 is 2.11 bits per heavy atom. The van der Waals surface area contributed by atoms with Crippen LogP contribution < -0.4 is 10.4 Å². The molecule has 1 aliphatic heterocycles. The average molecular weight is 397 g/mol. The molecule has 0 saturated heterocycles. The number of carbonyl (C=O) groups excluding carboxylic acids is 4. The Balaban J connectivity index is 1.84. The van der Waals surface area contributed by atoms with Crippen LogP contribution >= 0.6 is 11.8 Å². The van der Waals surface area contributed by atoms with E-state index in [1.54, 1.807) is 24.3 Å². The molecule has 1 heterocycles. The molecule has 28 heavy (non-hydrogen) atoms. The zero-order valence-electron chi connectivity index (χ0n) is 15.0. The summed E-state index contributed by atoms with van der Waals surface area (Å²) in [4.78, 5) is 50.2. The highest BCUT2D eigenvalue weighted by Crippen LogP contribution is 2.26. The summed E-state index contributed by atoms with van der Waals surface area (Å²) in [5.41, 5.74) is 0.915. The van der Waals surface area contributed by atoms with Crippen molar-refractivity contribution >= 4 is 41.1 Å². The van der Waals surface area contributed by atoms with Gasteiger partial charge in [-0.05, 0) is 48.3 Å². The number of imide groups is 1. The van der Waals surface area contributed by atoms with E-state index < -0.39 is 29.7 Å². The minimum Gasteiger partial charge on any atom is -0.545 e. The van der Waals surface area contributed by atoms with Gasteiger partial charge in [0.25, 0.3) is 11.8 Å². The fourth-order valence-electron chi connectivity index (χ4n) is 3.01. The molecule has 7 nitrogen and oxygen atoms in total. The van der Waals surface area contributed by atoms with Crippen LogP contribution in [0.4, 0.5) is 5.69 Å². The van der Waals surface area contributed by atoms with Gasteiger partial charge in [0.1, 0.15) is 6.04 Å². The van der Waals surface area contributed by atoms with Crippen molar-refractivity contribution in [2.45, 2.75) is 12.5 Å². The largest absolute Gasteiger partial charge is 0.545 e. The molecule has 1 atom stereocenters. The van der Waals surface area contributed by atoms with Crippen LogP contribution in [0.5, 0.6) is 0 Å². The number of aromatic carboxylic acids is 1. The molecule has 3 amide bonds. The third-order valence-corrected chi connectivity index (χ3v) is 5.07. The number of anilines is 1.